The van der Waals surface area contributed by atoms with Crippen LogP contribution in [0.1, 0.15) is 24.1 Å². The lowest BCUT2D eigenvalue weighted by atomic mass is 9.97. The summed E-state index contributed by atoms with van der Waals surface area (Å²) < 4.78 is 1.21. The van der Waals surface area contributed by atoms with Crippen LogP contribution in [0.4, 0.5) is 5.69 Å². The number of aromatic nitrogens is 3. The molecule has 0 saturated carbocycles. The first-order valence-electron chi connectivity index (χ1n) is 5.32. The molecule has 0 aromatic carbocycles. The summed E-state index contributed by atoms with van der Waals surface area (Å²) in [5.74, 6) is 0. The third-order valence-corrected chi connectivity index (χ3v) is 3.14. The molecule has 0 atom stereocenters. The van der Waals surface area contributed by atoms with Gasteiger partial charge in [-0.05, 0) is 25.7 Å². The number of nitrogens with two attached hydrogens (primary N) is 1. The number of hydrogen-bond acceptors (Lipinski definition) is 3. The van der Waals surface area contributed by atoms with Crippen LogP contribution in [-0.4, -0.2) is 14.6 Å². The number of nitrogens with zero attached hydrogens (tertiary/aromatic N) is 1. The third-order valence-electron chi connectivity index (χ3n) is 3.14. The highest BCUT2D eigenvalue weighted by Gasteiger charge is 2.18. The Bertz CT molecular complexity index is 676. The largest absolute Gasteiger partial charge is 0.391 e. The molecule has 2 aromatic rings. The lowest BCUT2D eigenvalue weighted by molar-refractivity contribution is 0.651. The van der Waals surface area contributed by atoms with Crippen molar-refractivity contribution in [2.45, 2.75) is 25.7 Å². The highest BCUT2D eigenvalue weighted by molar-refractivity contribution is 5.63. The van der Waals surface area contributed by atoms with Gasteiger partial charge in [0.1, 0.15) is 5.69 Å². The van der Waals surface area contributed by atoms with E-state index >= 15 is 0 Å². The van der Waals surface area contributed by atoms with Crippen LogP contribution >= 0.6 is 0 Å². The molecule has 0 bridgehead atoms. The number of hydrogen-bond donors (Lipinski definition) is 3. The Hall–Kier alpha value is -1.98. The average Bonchev–Trinajstić information content (AvgIpc) is 2.58. The molecule has 6 heteroatoms. The maximum absolute atomic E-state index is 12.1. The molecule has 0 fully saturated rings. The zero-order valence-electron chi connectivity index (χ0n) is 8.67. The van der Waals surface area contributed by atoms with E-state index in [0.29, 0.717) is 5.65 Å². The summed E-state index contributed by atoms with van der Waals surface area (Å²) in [5.41, 5.74) is 7.18. The van der Waals surface area contributed by atoms with Crippen LogP contribution in [0.3, 0.4) is 0 Å². The van der Waals surface area contributed by atoms with Gasteiger partial charge in [-0.25, -0.2) is 0 Å². The van der Waals surface area contributed by atoms with Crippen LogP contribution in [0.5, 0.6) is 0 Å². The van der Waals surface area contributed by atoms with E-state index in [2.05, 4.69) is 10.1 Å². The van der Waals surface area contributed by atoms with Crippen LogP contribution in [0.2, 0.25) is 0 Å². The summed E-state index contributed by atoms with van der Waals surface area (Å²) in [6.07, 6.45) is 3.69. The first kappa shape index (κ1) is 9.26. The summed E-state index contributed by atoms with van der Waals surface area (Å²) in [6.45, 7) is 0. The van der Waals surface area contributed by atoms with Gasteiger partial charge in [0.25, 0.3) is 11.1 Å². The normalized spacial score (nSPS) is 15.2. The molecule has 1 aliphatic rings. The number of aromatic amines is 2. The summed E-state index contributed by atoms with van der Waals surface area (Å²) in [6, 6.07) is 0. The first-order valence-corrected chi connectivity index (χ1v) is 5.32. The molecule has 0 spiro atoms. The SMILES string of the molecule is Nc1c(=O)[nH]n2c(=O)c3c([nH]c12)CCCC3. The van der Waals surface area contributed by atoms with Gasteiger partial charge in [-0.3, -0.25) is 14.7 Å². The van der Waals surface area contributed by atoms with Crippen molar-refractivity contribution in [3.63, 3.8) is 0 Å². The number of fused-ring (bicyclic) bond motifs is 2. The lowest BCUT2D eigenvalue weighted by Crippen LogP contribution is -2.25. The second-order valence-corrected chi connectivity index (χ2v) is 4.13. The molecule has 0 amide bonds. The molecular formula is C10H12N4O2. The predicted octanol–water partition coefficient (Wildman–Crippen LogP) is -0.223. The van der Waals surface area contributed by atoms with Crippen molar-refractivity contribution in [2.24, 2.45) is 0 Å². The van der Waals surface area contributed by atoms with Crippen LogP contribution in [0.15, 0.2) is 9.59 Å². The molecule has 6 nitrogen and oxygen atoms in total. The summed E-state index contributed by atoms with van der Waals surface area (Å²) in [4.78, 5) is 26.5. The monoisotopic (exact) mass is 220 g/mol. The Morgan fingerprint density at radius 1 is 1.19 bits per heavy atom. The fourth-order valence-electron chi connectivity index (χ4n) is 2.28. The molecule has 4 N–H and O–H groups in total. The van der Waals surface area contributed by atoms with Gasteiger partial charge in [-0.2, -0.15) is 4.52 Å². The van der Waals surface area contributed by atoms with Gasteiger partial charge >= 0.3 is 0 Å². The van der Waals surface area contributed by atoms with Crippen LogP contribution in [-0.2, 0) is 12.8 Å². The van der Waals surface area contributed by atoms with Crippen molar-refractivity contribution in [2.75, 3.05) is 5.73 Å². The van der Waals surface area contributed by atoms with E-state index in [9.17, 15) is 9.59 Å². The smallest absolute Gasteiger partial charge is 0.289 e. The van der Waals surface area contributed by atoms with Gasteiger partial charge in [0.15, 0.2) is 5.65 Å². The lowest BCUT2D eigenvalue weighted by Gasteiger charge is -2.14. The zero-order valence-corrected chi connectivity index (χ0v) is 8.67. The Morgan fingerprint density at radius 2 is 1.94 bits per heavy atom. The van der Waals surface area contributed by atoms with Crippen molar-refractivity contribution in [1.82, 2.24) is 14.6 Å². The Morgan fingerprint density at radius 3 is 2.75 bits per heavy atom. The van der Waals surface area contributed by atoms with E-state index < -0.39 is 5.56 Å². The van der Waals surface area contributed by atoms with Gasteiger partial charge in [0.2, 0.25) is 0 Å². The topological polar surface area (TPSA) is 96.2 Å². The number of nitrogens with one attached hydrogen (secondary N) is 2. The molecule has 16 heavy (non-hydrogen) atoms. The zero-order chi connectivity index (χ0) is 11.3. The molecule has 0 saturated heterocycles. The number of nitrogen functional groups attached to an aromatic ring is 1. The Kier molecular flexibility index (Phi) is 1.74. The van der Waals surface area contributed by atoms with E-state index in [1.54, 1.807) is 0 Å². The highest BCUT2D eigenvalue weighted by Crippen LogP contribution is 2.17. The average molecular weight is 220 g/mol. The standard InChI is InChI=1S/C10H12N4O2/c11-7-8-12-6-4-2-1-3-5(6)10(16)14(8)13-9(7)15/h12H,1-4,11H2,(H,13,15). The van der Waals surface area contributed by atoms with Crippen LogP contribution in [0, 0.1) is 0 Å². The summed E-state index contributed by atoms with van der Waals surface area (Å²) in [7, 11) is 0. The minimum Gasteiger partial charge on any atom is -0.391 e. The quantitative estimate of drug-likeness (QED) is 0.572. The van der Waals surface area contributed by atoms with E-state index in [1.165, 1.54) is 4.52 Å². The van der Waals surface area contributed by atoms with E-state index in [0.717, 1.165) is 36.9 Å². The highest BCUT2D eigenvalue weighted by atomic mass is 16.1. The molecule has 0 aliphatic heterocycles. The molecule has 3 rings (SSSR count). The fraction of sp³-hybridized carbons (Fsp3) is 0.400. The summed E-state index contributed by atoms with van der Waals surface area (Å²) in [5, 5.41) is 2.44. The molecule has 2 heterocycles. The molecule has 2 aromatic heterocycles. The van der Waals surface area contributed by atoms with Crippen molar-refractivity contribution >= 4 is 11.3 Å². The third kappa shape index (κ3) is 1.07. The molecular weight excluding hydrogens is 208 g/mol. The van der Waals surface area contributed by atoms with Gasteiger partial charge < -0.3 is 10.7 Å². The van der Waals surface area contributed by atoms with Gasteiger partial charge in [0, 0.05) is 11.3 Å². The molecule has 0 unspecified atom stereocenters. The number of anilines is 1. The molecule has 1 aliphatic carbocycles. The summed E-state index contributed by atoms with van der Waals surface area (Å²) >= 11 is 0. The number of aryl methyl sites for hydroxylation is 1. The van der Waals surface area contributed by atoms with Gasteiger partial charge in [-0.1, -0.05) is 0 Å². The minimum atomic E-state index is -0.421. The Labute approximate surface area is 90.1 Å². The minimum absolute atomic E-state index is 0.0745. The van der Waals surface area contributed by atoms with E-state index in [1.807, 2.05) is 0 Å². The Balaban J connectivity index is 2.48. The maximum atomic E-state index is 12.1. The fourth-order valence-corrected chi connectivity index (χ4v) is 2.28. The van der Waals surface area contributed by atoms with Crippen molar-refractivity contribution in [3.8, 4) is 0 Å². The van der Waals surface area contributed by atoms with E-state index in [-0.39, 0.29) is 11.2 Å². The molecule has 0 radical (unpaired) electrons. The second-order valence-electron chi connectivity index (χ2n) is 4.13. The van der Waals surface area contributed by atoms with E-state index in [4.69, 9.17) is 5.73 Å². The maximum Gasteiger partial charge on any atom is 0.289 e. The van der Waals surface area contributed by atoms with Crippen LogP contribution in [0.25, 0.3) is 5.65 Å². The number of rotatable bonds is 0. The van der Waals surface area contributed by atoms with Crippen molar-refractivity contribution in [1.29, 1.82) is 0 Å². The van der Waals surface area contributed by atoms with Gasteiger partial charge in [0.05, 0.1) is 0 Å². The predicted molar refractivity (Wildman–Crippen MR) is 59.7 cm³/mol. The van der Waals surface area contributed by atoms with Crippen molar-refractivity contribution in [3.05, 3.63) is 32.0 Å². The first-order chi connectivity index (χ1) is 7.68. The molecule has 84 valence electrons. The van der Waals surface area contributed by atoms with Gasteiger partial charge in [-0.15, -0.1) is 0 Å². The van der Waals surface area contributed by atoms with Crippen LogP contribution < -0.4 is 16.9 Å². The second kappa shape index (κ2) is 3.01. The number of H-pyrrole nitrogens is 2. The van der Waals surface area contributed by atoms with Crippen molar-refractivity contribution < 1.29 is 0 Å².